The SMILES string of the molecule is COC1=CC(=O)c2c(O)c3c(c(O)c2C1=O)OC(CC(C)=O)CC3O. The number of aliphatic hydroxyl groups excluding tert-OH is 1. The van der Waals surface area contributed by atoms with E-state index in [0.29, 0.717) is 0 Å². The summed E-state index contributed by atoms with van der Waals surface area (Å²) in [6.45, 7) is 1.35. The molecule has 3 N–H and O–H groups in total. The number of benzene rings is 1. The molecule has 0 saturated heterocycles. The first-order valence-corrected chi connectivity index (χ1v) is 7.56. The van der Waals surface area contributed by atoms with Crippen LogP contribution in [0.2, 0.25) is 0 Å². The Kier molecular flexibility index (Phi) is 4.00. The van der Waals surface area contributed by atoms with E-state index >= 15 is 0 Å². The molecule has 132 valence electrons. The number of phenols is 2. The lowest BCUT2D eigenvalue weighted by molar-refractivity contribution is -0.119. The maximum absolute atomic E-state index is 12.4. The van der Waals surface area contributed by atoms with E-state index in [0.717, 1.165) is 6.08 Å². The van der Waals surface area contributed by atoms with Crippen LogP contribution in [0.25, 0.3) is 0 Å². The molecule has 0 fully saturated rings. The van der Waals surface area contributed by atoms with Crippen molar-refractivity contribution in [3.05, 3.63) is 28.5 Å². The Bertz CT molecular complexity index is 836. The zero-order valence-corrected chi connectivity index (χ0v) is 13.5. The molecule has 1 aromatic carbocycles. The van der Waals surface area contributed by atoms with E-state index in [4.69, 9.17) is 9.47 Å². The van der Waals surface area contributed by atoms with Gasteiger partial charge in [0.15, 0.2) is 23.0 Å². The van der Waals surface area contributed by atoms with Crippen LogP contribution in [-0.2, 0) is 9.53 Å². The molecule has 1 aromatic rings. The smallest absolute Gasteiger partial charge is 0.232 e. The zero-order chi connectivity index (χ0) is 18.5. The lowest BCUT2D eigenvalue weighted by Crippen LogP contribution is -2.29. The molecule has 0 radical (unpaired) electrons. The van der Waals surface area contributed by atoms with Gasteiger partial charge in [0.05, 0.1) is 29.9 Å². The fourth-order valence-electron chi connectivity index (χ4n) is 3.17. The number of carbonyl (C=O) groups excluding carboxylic acids is 3. The van der Waals surface area contributed by atoms with E-state index in [2.05, 4.69) is 0 Å². The van der Waals surface area contributed by atoms with Crippen molar-refractivity contribution in [2.45, 2.75) is 32.0 Å². The number of fused-ring (bicyclic) bond motifs is 2. The summed E-state index contributed by atoms with van der Waals surface area (Å²) in [4.78, 5) is 35.9. The summed E-state index contributed by atoms with van der Waals surface area (Å²) in [7, 11) is 1.19. The molecular formula is C17H16O8. The molecule has 0 amide bonds. The van der Waals surface area contributed by atoms with Gasteiger partial charge in [-0.3, -0.25) is 14.4 Å². The summed E-state index contributed by atoms with van der Waals surface area (Å²) in [6.07, 6.45) is -1.09. The van der Waals surface area contributed by atoms with Crippen LogP contribution in [0.1, 0.15) is 52.1 Å². The number of ketones is 3. The summed E-state index contributed by atoms with van der Waals surface area (Å²) >= 11 is 0. The van der Waals surface area contributed by atoms with Gasteiger partial charge in [-0.05, 0) is 6.92 Å². The van der Waals surface area contributed by atoms with Crippen molar-refractivity contribution in [2.75, 3.05) is 7.11 Å². The number of phenolic OH excluding ortho intramolecular Hbond substituents is 2. The molecule has 8 heteroatoms. The van der Waals surface area contributed by atoms with Crippen LogP contribution in [0.15, 0.2) is 11.8 Å². The Hall–Kier alpha value is -2.87. The Balaban J connectivity index is 2.21. The highest BCUT2D eigenvalue weighted by Gasteiger charge is 2.41. The molecule has 2 atom stereocenters. The number of methoxy groups -OCH3 is 1. The molecule has 0 spiro atoms. The number of Topliss-reactive ketones (excluding diaryl/α,β-unsaturated/α-hetero) is 2. The number of aliphatic hydroxyl groups is 1. The van der Waals surface area contributed by atoms with Crippen molar-refractivity contribution < 1.29 is 39.2 Å². The van der Waals surface area contributed by atoms with Gasteiger partial charge in [-0.25, -0.2) is 0 Å². The average Bonchev–Trinajstić information content (AvgIpc) is 2.53. The molecule has 2 unspecified atom stereocenters. The first-order chi connectivity index (χ1) is 11.8. The predicted molar refractivity (Wildman–Crippen MR) is 82.8 cm³/mol. The largest absolute Gasteiger partial charge is 0.507 e. The van der Waals surface area contributed by atoms with Crippen LogP contribution < -0.4 is 4.74 Å². The topological polar surface area (TPSA) is 130 Å². The van der Waals surface area contributed by atoms with Crippen LogP contribution in [-0.4, -0.2) is 45.9 Å². The van der Waals surface area contributed by atoms with Crippen LogP contribution in [0.4, 0.5) is 0 Å². The maximum atomic E-state index is 12.4. The van der Waals surface area contributed by atoms with Crippen LogP contribution in [0.3, 0.4) is 0 Å². The van der Waals surface area contributed by atoms with Gasteiger partial charge in [-0.2, -0.15) is 0 Å². The van der Waals surface area contributed by atoms with Crippen molar-refractivity contribution in [1.82, 2.24) is 0 Å². The molecule has 1 heterocycles. The predicted octanol–water partition coefficient (Wildman–Crippen LogP) is 1.17. The highest BCUT2D eigenvalue weighted by Crippen LogP contribution is 2.51. The van der Waals surface area contributed by atoms with Crippen LogP contribution in [0, 0.1) is 0 Å². The molecule has 3 rings (SSSR count). The van der Waals surface area contributed by atoms with Gasteiger partial charge in [0.2, 0.25) is 5.78 Å². The van der Waals surface area contributed by atoms with Crippen molar-refractivity contribution in [1.29, 1.82) is 0 Å². The Morgan fingerprint density at radius 3 is 2.56 bits per heavy atom. The fraction of sp³-hybridized carbons (Fsp3) is 0.353. The van der Waals surface area contributed by atoms with E-state index in [9.17, 15) is 29.7 Å². The monoisotopic (exact) mass is 348 g/mol. The van der Waals surface area contributed by atoms with Crippen molar-refractivity contribution in [3.63, 3.8) is 0 Å². The van der Waals surface area contributed by atoms with Crippen LogP contribution in [0.5, 0.6) is 17.2 Å². The van der Waals surface area contributed by atoms with E-state index < -0.39 is 46.4 Å². The van der Waals surface area contributed by atoms with Gasteiger partial charge in [0, 0.05) is 18.9 Å². The normalized spacial score (nSPS) is 21.8. The minimum absolute atomic E-state index is 0.000333. The molecular weight excluding hydrogens is 332 g/mol. The summed E-state index contributed by atoms with van der Waals surface area (Å²) in [5.41, 5.74) is -1.03. The number of carbonyl (C=O) groups is 3. The summed E-state index contributed by atoms with van der Waals surface area (Å²) in [5, 5.41) is 31.2. The van der Waals surface area contributed by atoms with Gasteiger partial charge in [-0.15, -0.1) is 0 Å². The van der Waals surface area contributed by atoms with E-state index in [1.54, 1.807) is 0 Å². The maximum Gasteiger partial charge on any atom is 0.232 e. The third-order valence-corrected chi connectivity index (χ3v) is 4.24. The van der Waals surface area contributed by atoms with Gasteiger partial charge >= 0.3 is 0 Å². The van der Waals surface area contributed by atoms with E-state index in [1.807, 2.05) is 0 Å². The number of allylic oxidation sites excluding steroid dienone is 2. The fourth-order valence-corrected chi connectivity index (χ4v) is 3.17. The molecule has 8 nitrogen and oxygen atoms in total. The summed E-state index contributed by atoms with van der Waals surface area (Å²) < 4.78 is 10.4. The number of aromatic hydroxyl groups is 2. The average molecular weight is 348 g/mol. The number of rotatable bonds is 3. The molecule has 1 aliphatic heterocycles. The number of ether oxygens (including phenoxy) is 2. The van der Waals surface area contributed by atoms with Crippen LogP contribution >= 0.6 is 0 Å². The van der Waals surface area contributed by atoms with E-state index in [-0.39, 0.29) is 35.7 Å². The second-order valence-electron chi connectivity index (χ2n) is 5.99. The standard InChI is InChI=1S/C17H16O8/c1-6(18)3-7-4-8(19)12-15(22)11-9(20)5-10(24-2)14(21)13(11)16(23)17(12)25-7/h5,7-8,19,22-23H,3-4H2,1-2H3. The third kappa shape index (κ3) is 2.54. The Morgan fingerprint density at radius 1 is 1.28 bits per heavy atom. The Morgan fingerprint density at radius 2 is 1.96 bits per heavy atom. The van der Waals surface area contributed by atoms with Crippen molar-refractivity contribution >= 4 is 17.3 Å². The number of hydrogen-bond donors (Lipinski definition) is 3. The lowest BCUT2D eigenvalue weighted by atomic mass is 9.85. The molecule has 0 aromatic heterocycles. The highest BCUT2D eigenvalue weighted by molar-refractivity contribution is 6.26. The van der Waals surface area contributed by atoms with Gasteiger partial charge < -0.3 is 24.8 Å². The van der Waals surface area contributed by atoms with Gasteiger partial charge in [-0.1, -0.05) is 0 Å². The van der Waals surface area contributed by atoms with Crippen molar-refractivity contribution in [2.24, 2.45) is 0 Å². The second-order valence-corrected chi connectivity index (χ2v) is 5.99. The van der Waals surface area contributed by atoms with Gasteiger partial charge in [0.1, 0.15) is 17.6 Å². The lowest BCUT2D eigenvalue weighted by Gasteiger charge is -2.32. The van der Waals surface area contributed by atoms with Crippen molar-refractivity contribution in [3.8, 4) is 17.2 Å². The molecule has 2 aliphatic rings. The quantitative estimate of drug-likeness (QED) is 0.694. The first kappa shape index (κ1) is 17.0. The summed E-state index contributed by atoms with van der Waals surface area (Å²) in [6, 6.07) is 0. The third-order valence-electron chi connectivity index (χ3n) is 4.24. The zero-order valence-electron chi connectivity index (χ0n) is 13.5. The first-order valence-electron chi connectivity index (χ1n) is 7.56. The minimum atomic E-state index is -1.26. The number of hydrogen-bond acceptors (Lipinski definition) is 8. The highest BCUT2D eigenvalue weighted by atomic mass is 16.5. The minimum Gasteiger partial charge on any atom is -0.507 e. The van der Waals surface area contributed by atoms with E-state index in [1.165, 1.54) is 14.0 Å². The molecule has 25 heavy (non-hydrogen) atoms. The molecule has 1 aliphatic carbocycles. The molecule has 0 saturated carbocycles. The Labute approximate surface area is 142 Å². The molecule has 0 bridgehead atoms. The van der Waals surface area contributed by atoms with Gasteiger partial charge in [0.25, 0.3) is 0 Å². The summed E-state index contributed by atoms with van der Waals surface area (Å²) in [5.74, 6) is -3.60. The second kappa shape index (κ2) is 5.89.